The minimum absolute atomic E-state index is 0.431. The molecule has 4 nitrogen and oxygen atoms in total. The highest BCUT2D eigenvalue weighted by molar-refractivity contribution is 6.32. The van der Waals surface area contributed by atoms with E-state index in [9.17, 15) is 4.79 Å². The molecule has 0 aromatic heterocycles. The molecule has 0 aliphatic heterocycles. The van der Waals surface area contributed by atoms with Gasteiger partial charge in [0.25, 0.3) is 0 Å². The van der Waals surface area contributed by atoms with E-state index in [1.807, 2.05) is 12.1 Å². The molecule has 0 saturated heterocycles. The van der Waals surface area contributed by atoms with Gasteiger partial charge in [0.05, 0.1) is 12.1 Å². The Kier molecular flexibility index (Phi) is 4.48. The predicted molar refractivity (Wildman–Crippen MR) is 80.3 cm³/mol. The van der Waals surface area contributed by atoms with Crippen LogP contribution in [0.25, 0.3) is 0 Å². The number of hydrogen-bond donors (Lipinski definition) is 2. The van der Waals surface area contributed by atoms with Gasteiger partial charge in [0.2, 0.25) is 5.91 Å². The number of amides is 1. The Balaban J connectivity index is 2.07. The normalized spacial score (nSPS) is 10.1. The van der Waals surface area contributed by atoms with Gasteiger partial charge < -0.3 is 15.8 Å². The Morgan fingerprint density at radius 1 is 1.30 bits per heavy atom. The Bertz CT molecular complexity index is 629. The maximum Gasteiger partial charge on any atom is 0.248 e. The molecule has 0 radical (unpaired) electrons. The molecule has 0 aliphatic carbocycles. The quantitative estimate of drug-likeness (QED) is 0.889. The highest BCUT2D eigenvalue weighted by Crippen LogP contribution is 2.27. The molecule has 20 heavy (non-hydrogen) atoms. The lowest BCUT2D eigenvalue weighted by Gasteiger charge is -2.09. The fraction of sp³-hybridized carbons (Fsp3) is 0.133. The van der Waals surface area contributed by atoms with Crippen molar-refractivity contribution in [2.75, 3.05) is 12.4 Å². The highest BCUT2D eigenvalue weighted by atomic mass is 35.5. The van der Waals surface area contributed by atoms with E-state index in [1.165, 1.54) is 0 Å². The molecule has 2 rings (SSSR count). The van der Waals surface area contributed by atoms with Crippen LogP contribution in [0.3, 0.4) is 0 Å². The second kappa shape index (κ2) is 6.30. The van der Waals surface area contributed by atoms with Crippen LogP contribution in [-0.2, 0) is 6.54 Å². The van der Waals surface area contributed by atoms with Crippen LogP contribution in [-0.4, -0.2) is 13.0 Å². The number of halogens is 1. The van der Waals surface area contributed by atoms with Crippen molar-refractivity contribution in [3.63, 3.8) is 0 Å². The highest BCUT2D eigenvalue weighted by Gasteiger charge is 2.03. The average molecular weight is 291 g/mol. The first kappa shape index (κ1) is 14.2. The van der Waals surface area contributed by atoms with Crippen LogP contribution in [0, 0.1) is 0 Å². The van der Waals surface area contributed by atoms with Crippen LogP contribution in [0.4, 0.5) is 5.69 Å². The first-order chi connectivity index (χ1) is 9.60. The summed E-state index contributed by atoms with van der Waals surface area (Å²) in [4.78, 5) is 11.1. The van der Waals surface area contributed by atoms with Gasteiger partial charge in [-0.3, -0.25) is 4.79 Å². The van der Waals surface area contributed by atoms with E-state index in [2.05, 4.69) is 5.32 Å². The molecule has 1 amide bonds. The first-order valence-corrected chi connectivity index (χ1v) is 6.44. The van der Waals surface area contributed by atoms with Gasteiger partial charge in [0.15, 0.2) is 0 Å². The lowest BCUT2D eigenvalue weighted by atomic mass is 10.1. The largest absolute Gasteiger partial charge is 0.495 e. The number of benzene rings is 2. The molecule has 0 fully saturated rings. The SMILES string of the molecule is COc1ccc(NCc2cccc(C(N)=O)c2)cc1Cl. The van der Waals surface area contributed by atoms with E-state index in [0.29, 0.717) is 22.9 Å². The van der Waals surface area contributed by atoms with Crippen LogP contribution < -0.4 is 15.8 Å². The van der Waals surface area contributed by atoms with Crippen LogP contribution >= 0.6 is 11.6 Å². The number of carbonyl (C=O) groups excluding carboxylic acids is 1. The molecular weight excluding hydrogens is 276 g/mol. The van der Waals surface area contributed by atoms with Crippen LogP contribution in [0.2, 0.25) is 5.02 Å². The number of hydrogen-bond acceptors (Lipinski definition) is 3. The minimum atomic E-state index is -0.431. The third kappa shape index (κ3) is 3.42. The Morgan fingerprint density at radius 3 is 2.75 bits per heavy atom. The number of nitrogens with one attached hydrogen (secondary N) is 1. The zero-order chi connectivity index (χ0) is 14.5. The fourth-order valence-corrected chi connectivity index (χ4v) is 2.07. The summed E-state index contributed by atoms with van der Waals surface area (Å²) in [5, 5.41) is 3.77. The molecule has 5 heteroatoms. The third-order valence-electron chi connectivity index (χ3n) is 2.86. The zero-order valence-corrected chi connectivity index (χ0v) is 11.8. The maximum atomic E-state index is 11.1. The van der Waals surface area contributed by atoms with Crippen molar-refractivity contribution in [1.82, 2.24) is 0 Å². The topological polar surface area (TPSA) is 64.3 Å². The molecule has 2 aromatic rings. The van der Waals surface area contributed by atoms with Gasteiger partial charge in [0, 0.05) is 17.8 Å². The molecule has 0 aliphatic rings. The molecule has 0 saturated carbocycles. The summed E-state index contributed by atoms with van der Waals surface area (Å²) in [5.74, 6) is 0.201. The van der Waals surface area contributed by atoms with Gasteiger partial charge in [-0.15, -0.1) is 0 Å². The number of nitrogens with two attached hydrogens (primary N) is 1. The Labute approximate surface area is 122 Å². The number of methoxy groups -OCH3 is 1. The predicted octanol–water partition coefficient (Wildman–Crippen LogP) is 3.06. The number of ether oxygens (including phenoxy) is 1. The van der Waals surface area contributed by atoms with Gasteiger partial charge in [-0.2, -0.15) is 0 Å². The minimum Gasteiger partial charge on any atom is -0.495 e. The van der Waals surface area contributed by atoms with Crippen LogP contribution in [0.5, 0.6) is 5.75 Å². The van der Waals surface area contributed by atoms with E-state index < -0.39 is 5.91 Å². The van der Waals surface area contributed by atoms with Gasteiger partial charge >= 0.3 is 0 Å². The lowest BCUT2D eigenvalue weighted by Crippen LogP contribution is -2.11. The molecule has 0 bridgehead atoms. The van der Waals surface area contributed by atoms with Crippen molar-refractivity contribution in [3.8, 4) is 5.75 Å². The van der Waals surface area contributed by atoms with Gasteiger partial charge in [-0.25, -0.2) is 0 Å². The van der Waals surface area contributed by atoms with Crippen molar-refractivity contribution < 1.29 is 9.53 Å². The molecule has 2 aromatic carbocycles. The number of anilines is 1. The lowest BCUT2D eigenvalue weighted by molar-refractivity contribution is 0.1000. The molecule has 0 heterocycles. The smallest absolute Gasteiger partial charge is 0.248 e. The standard InChI is InChI=1S/C15H15ClN2O2/c1-20-14-6-5-12(8-13(14)16)18-9-10-3-2-4-11(7-10)15(17)19/h2-8,18H,9H2,1H3,(H2,17,19). The summed E-state index contributed by atoms with van der Waals surface area (Å²) in [6.07, 6.45) is 0. The van der Waals surface area contributed by atoms with E-state index in [1.54, 1.807) is 37.4 Å². The van der Waals surface area contributed by atoms with Crippen molar-refractivity contribution in [1.29, 1.82) is 0 Å². The molecule has 0 atom stereocenters. The monoisotopic (exact) mass is 290 g/mol. The Morgan fingerprint density at radius 2 is 2.10 bits per heavy atom. The van der Waals surface area contributed by atoms with E-state index in [0.717, 1.165) is 11.3 Å². The van der Waals surface area contributed by atoms with Crippen molar-refractivity contribution in [3.05, 3.63) is 58.6 Å². The van der Waals surface area contributed by atoms with Crippen molar-refractivity contribution in [2.24, 2.45) is 5.73 Å². The van der Waals surface area contributed by atoms with Gasteiger partial charge in [-0.1, -0.05) is 23.7 Å². The number of carbonyl (C=O) groups is 1. The molecule has 104 valence electrons. The second-order valence-corrected chi connectivity index (χ2v) is 4.67. The summed E-state index contributed by atoms with van der Waals surface area (Å²) in [6.45, 7) is 0.573. The Hall–Kier alpha value is -2.20. The average Bonchev–Trinajstić information content (AvgIpc) is 2.45. The van der Waals surface area contributed by atoms with Crippen LogP contribution in [0.1, 0.15) is 15.9 Å². The summed E-state index contributed by atoms with van der Waals surface area (Å²) < 4.78 is 5.09. The maximum absolute atomic E-state index is 11.1. The first-order valence-electron chi connectivity index (χ1n) is 6.06. The number of primary amides is 1. The second-order valence-electron chi connectivity index (χ2n) is 4.27. The molecule has 3 N–H and O–H groups in total. The zero-order valence-electron chi connectivity index (χ0n) is 11.0. The third-order valence-corrected chi connectivity index (χ3v) is 3.16. The molecule has 0 spiro atoms. The van der Waals surface area contributed by atoms with E-state index in [-0.39, 0.29) is 0 Å². The van der Waals surface area contributed by atoms with Crippen LogP contribution in [0.15, 0.2) is 42.5 Å². The summed E-state index contributed by atoms with van der Waals surface area (Å²) in [7, 11) is 1.57. The van der Waals surface area contributed by atoms with Gasteiger partial charge in [-0.05, 0) is 35.9 Å². The van der Waals surface area contributed by atoms with Crippen molar-refractivity contribution >= 4 is 23.2 Å². The molecule has 0 unspecified atom stereocenters. The molecular formula is C15H15ClN2O2. The van der Waals surface area contributed by atoms with Gasteiger partial charge in [0.1, 0.15) is 5.75 Å². The number of rotatable bonds is 5. The fourth-order valence-electron chi connectivity index (χ4n) is 1.82. The summed E-state index contributed by atoms with van der Waals surface area (Å²) in [6, 6.07) is 12.6. The van der Waals surface area contributed by atoms with E-state index in [4.69, 9.17) is 22.1 Å². The van der Waals surface area contributed by atoms with Crippen molar-refractivity contribution in [2.45, 2.75) is 6.54 Å². The summed E-state index contributed by atoms with van der Waals surface area (Å²) >= 11 is 6.05. The summed E-state index contributed by atoms with van der Waals surface area (Å²) in [5.41, 5.74) is 7.59. The van der Waals surface area contributed by atoms with E-state index >= 15 is 0 Å².